The van der Waals surface area contributed by atoms with Crippen LogP contribution in [0.2, 0.25) is 10.0 Å². The van der Waals surface area contributed by atoms with Gasteiger partial charge in [0.2, 0.25) is 0 Å². The summed E-state index contributed by atoms with van der Waals surface area (Å²) in [7, 11) is 0. The van der Waals surface area contributed by atoms with E-state index in [0.29, 0.717) is 51.6 Å². The normalized spacial score (nSPS) is 23.0. The van der Waals surface area contributed by atoms with Gasteiger partial charge < -0.3 is 24.4 Å². The first-order chi connectivity index (χ1) is 20.7. The summed E-state index contributed by atoms with van der Waals surface area (Å²) in [6.45, 7) is 2.25. The molecule has 2 aromatic carbocycles. The highest BCUT2D eigenvalue weighted by Gasteiger charge is 2.49. The molecule has 10 heteroatoms. The molecular formula is C33H31Cl2N3O5. The van der Waals surface area contributed by atoms with Gasteiger partial charge in [-0.3, -0.25) is 0 Å². The number of aromatic nitrogens is 2. The molecule has 2 saturated heterocycles. The van der Waals surface area contributed by atoms with Gasteiger partial charge in [0.1, 0.15) is 29.6 Å². The van der Waals surface area contributed by atoms with Crippen LogP contribution in [0.4, 0.5) is 5.82 Å². The van der Waals surface area contributed by atoms with Gasteiger partial charge in [-0.1, -0.05) is 46.6 Å². The Morgan fingerprint density at radius 1 is 1.07 bits per heavy atom. The van der Waals surface area contributed by atoms with Crippen LogP contribution >= 0.6 is 23.2 Å². The number of carboxylic acids is 1. The molecule has 7 rings (SSSR count). The Morgan fingerprint density at radius 3 is 2.51 bits per heavy atom. The SMILES string of the molecule is Cc1cccc(Cl)c1-c1noc(C2CC2)c1COc1ccc(C2(O)CC3CCC(C2)N3c2cc(C(=O)O)ccn2)c(Cl)c1. The van der Waals surface area contributed by atoms with Gasteiger partial charge in [0.05, 0.1) is 26.8 Å². The lowest BCUT2D eigenvalue weighted by atomic mass is 9.80. The average molecular weight is 621 g/mol. The van der Waals surface area contributed by atoms with Gasteiger partial charge in [-0.2, -0.15) is 0 Å². The van der Waals surface area contributed by atoms with Crippen LogP contribution in [0, 0.1) is 6.92 Å². The smallest absolute Gasteiger partial charge is 0.335 e. The van der Waals surface area contributed by atoms with Crippen LogP contribution in [-0.2, 0) is 12.2 Å². The topological polar surface area (TPSA) is 109 Å². The first-order valence-electron chi connectivity index (χ1n) is 14.6. The van der Waals surface area contributed by atoms with Gasteiger partial charge in [-0.15, -0.1) is 0 Å². The molecule has 1 saturated carbocycles. The molecule has 4 aromatic rings. The average Bonchev–Trinajstić information content (AvgIpc) is 3.67. The molecule has 8 nitrogen and oxygen atoms in total. The molecule has 2 unspecified atom stereocenters. The number of hydrogen-bond acceptors (Lipinski definition) is 7. The maximum atomic E-state index is 11.9. The number of aromatic carboxylic acids is 1. The van der Waals surface area contributed by atoms with Gasteiger partial charge >= 0.3 is 5.97 Å². The predicted octanol–water partition coefficient (Wildman–Crippen LogP) is 7.53. The minimum Gasteiger partial charge on any atom is -0.489 e. The van der Waals surface area contributed by atoms with Crippen LogP contribution in [0.5, 0.6) is 5.75 Å². The molecule has 2 bridgehead atoms. The molecule has 2 aliphatic heterocycles. The summed E-state index contributed by atoms with van der Waals surface area (Å²) in [5.74, 6) is 1.41. The van der Waals surface area contributed by atoms with Crippen molar-refractivity contribution < 1.29 is 24.3 Å². The summed E-state index contributed by atoms with van der Waals surface area (Å²) < 4.78 is 12.1. The molecule has 3 aliphatic rings. The van der Waals surface area contributed by atoms with Crippen LogP contribution < -0.4 is 9.64 Å². The molecule has 0 spiro atoms. The van der Waals surface area contributed by atoms with Crippen molar-refractivity contribution in [3.8, 4) is 17.0 Å². The third-order valence-corrected chi connectivity index (χ3v) is 9.70. The van der Waals surface area contributed by atoms with E-state index >= 15 is 0 Å². The van der Waals surface area contributed by atoms with Crippen molar-refractivity contribution in [2.24, 2.45) is 0 Å². The molecule has 1 aliphatic carbocycles. The van der Waals surface area contributed by atoms with Crippen molar-refractivity contribution in [3.63, 3.8) is 0 Å². The number of ether oxygens (including phenoxy) is 1. The molecule has 3 fully saturated rings. The highest BCUT2D eigenvalue weighted by Crippen LogP contribution is 2.49. The molecule has 0 radical (unpaired) electrons. The summed E-state index contributed by atoms with van der Waals surface area (Å²) in [4.78, 5) is 18.1. The Kier molecular flexibility index (Phi) is 7.11. The van der Waals surface area contributed by atoms with Crippen molar-refractivity contribution in [1.82, 2.24) is 10.1 Å². The quantitative estimate of drug-likeness (QED) is 0.208. The van der Waals surface area contributed by atoms with Crippen molar-refractivity contribution >= 4 is 35.0 Å². The van der Waals surface area contributed by atoms with Crippen LogP contribution in [0.15, 0.2) is 59.3 Å². The minimum absolute atomic E-state index is 0.0217. The van der Waals surface area contributed by atoms with Crippen molar-refractivity contribution in [2.45, 2.75) is 75.7 Å². The molecule has 2 atom stereocenters. The summed E-state index contributed by atoms with van der Waals surface area (Å²) in [6, 6.07) is 14.4. The second-order valence-corrected chi connectivity index (χ2v) is 12.8. The van der Waals surface area contributed by atoms with Crippen LogP contribution in [0.3, 0.4) is 0 Å². The van der Waals surface area contributed by atoms with E-state index in [-0.39, 0.29) is 24.3 Å². The molecule has 2 N–H and O–H groups in total. The van der Waals surface area contributed by atoms with E-state index < -0.39 is 11.6 Å². The summed E-state index contributed by atoms with van der Waals surface area (Å²) in [5, 5.41) is 26.8. The summed E-state index contributed by atoms with van der Waals surface area (Å²) in [5.41, 5.74) is 3.20. The highest BCUT2D eigenvalue weighted by atomic mass is 35.5. The van der Waals surface area contributed by atoms with Crippen LogP contribution in [0.25, 0.3) is 11.3 Å². The monoisotopic (exact) mass is 619 g/mol. The molecule has 2 aromatic heterocycles. The van der Waals surface area contributed by atoms with E-state index in [2.05, 4.69) is 15.0 Å². The number of halogens is 2. The number of carbonyl (C=O) groups is 1. The maximum Gasteiger partial charge on any atom is 0.335 e. The largest absolute Gasteiger partial charge is 0.489 e. The first kappa shape index (κ1) is 28.2. The summed E-state index contributed by atoms with van der Waals surface area (Å²) >= 11 is 13.4. The molecule has 43 heavy (non-hydrogen) atoms. The van der Waals surface area contributed by atoms with Gasteiger partial charge in [-0.25, -0.2) is 9.78 Å². The minimum atomic E-state index is -1.12. The van der Waals surface area contributed by atoms with Gasteiger partial charge in [0, 0.05) is 48.2 Å². The zero-order valence-electron chi connectivity index (χ0n) is 23.6. The van der Waals surface area contributed by atoms with E-state index in [0.717, 1.165) is 48.1 Å². The Hall–Kier alpha value is -3.59. The number of anilines is 1. The molecule has 0 amide bonds. The number of piperidine rings is 1. The first-order valence-corrected chi connectivity index (χ1v) is 15.3. The van der Waals surface area contributed by atoms with E-state index in [1.54, 1.807) is 12.1 Å². The highest BCUT2D eigenvalue weighted by molar-refractivity contribution is 6.33. The Labute approximate surface area is 259 Å². The maximum absolute atomic E-state index is 11.9. The number of aryl methyl sites for hydroxylation is 1. The third kappa shape index (κ3) is 5.15. The van der Waals surface area contributed by atoms with Gasteiger partial charge in [0.25, 0.3) is 0 Å². The van der Waals surface area contributed by atoms with Crippen molar-refractivity contribution in [1.29, 1.82) is 0 Å². The van der Waals surface area contributed by atoms with E-state index in [9.17, 15) is 15.0 Å². The Bertz CT molecular complexity index is 1680. The Morgan fingerprint density at radius 2 is 1.84 bits per heavy atom. The van der Waals surface area contributed by atoms with Crippen molar-refractivity contribution in [2.75, 3.05) is 4.90 Å². The fourth-order valence-corrected chi connectivity index (χ4v) is 7.54. The Balaban J connectivity index is 1.11. The predicted molar refractivity (Wildman–Crippen MR) is 163 cm³/mol. The summed E-state index contributed by atoms with van der Waals surface area (Å²) in [6.07, 6.45) is 6.36. The second-order valence-electron chi connectivity index (χ2n) is 12.0. The number of benzene rings is 2. The zero-order chi connectivity index (χ0) is 29.9. The number of aliphatic hydroxyl groups is 1. The third-order valence-electron chi connectivity index (χ3n) is 9.07. The van der Waals surface area contributed by atoms with E-state index in [4.69, 9.17) is 32.5 Å². The number of carboxylic acid groups (broad SMARTS) is 1. The number of pyridine rings is 1. The fourth-order valence-electron chi connectivity index (χ4n) is 6.89. The standard InChI is InChI=1S/C33H31Cl2N3O5/c1-18-3-2-4-26(34)29(18)30-24(31(43-37-30)19-5-6-19)17-42-23-9-10-25(27(35)14-23)33(41)15-21-7-8-22(16-33)38(21)28-13-20(32(39)40)11-12-36-28/h2-4,9-14,19,21-22,41H,5-8,15-17H2,1H3,(H,39,40). The number of fused-ring (bicyclic) bond motifs is 2. The van der Waals surface area contributed by atoms with Gasteiger partial charge in [-0.05, 0) is 68.5 Å². The number of rotatable bonds is 8. The molecule has 222 valence electrons. The van der Waals surface area contributed by atoms with E-state index in [1.165, 1.54) is 12.3 Å². The van der Waals surface area contributed by atoms with Crippen LogP contribution in [-0.4, -0.2) is 38.4 Å². The van der Waals surface area contributed by atoms with Gasteiger partial charge in [0.15, 0.2) is 0 Å². The van der Waals surface area contributed by atoms with E-state index in [1.807, 2.05) is 37.3 Å². The number of hydrogen-bond donors (Lipinski definition) is 2. The lowest BCUT2D eigenvalue weighted by molar-refractivity contribution is -0.00314. The molecule has 4 heterocycles. The lowest BCUT2D eigenvalue weighted by Gasteiger charge is -2.45. The second kappa shape index (κ2) is 10.8. The van der Waals surface area contributed by atoms with Crippen LogP contribution in [0.1, 0.15) is 77.3 Å². The number of nitrogens with zero attached hydrogens (tertiary/aromatic N) is 3. The van der Waals surface area contributed by atoms with Crippen molar-refractivity contribution in [3.05, 3.63) is 92.8 Å². The molecular weight excluding hydrogens is 589 g/mol. The zero-order valence-corrected chi connectivity index (χ0v) is 25.1. The lowest BCUT2D eigenvalue weighted by Crippen LogP contribution is -2.50. The fraction of sp³-hybridized carbons (Fsp3) is 0.364.